The quantitative estimate of drug-likeness (QED) is 0.798. The van der Waals surface area contributed by atoms with Crippen molar-refractivity contribution < 1.29 is 9.90 Å². The lowest BCUT2D eigenvalue weighted by molar-refractivity contribution is 0.0696. The molecule has 0 unspecified atom stereocenters. The van der Waals surface area contributed by atoms with E-state index in [1.54, 1.807) is 24.5 Å². The molecule has 2 heterocycles. The molecule has 2 rings (SSSR count). The summed E-state index contributed by atoms with van der Waals surface area (Å²) in [5.41, 5.74) is 0.956. The van der Waals surface area contributed by atoms with Crippen LogP contribution in [0.25, 0.3) is 5.82 Å². The van der Waals surface area contributed by atoms with Crippen LogP contribution in [0.1, 0.15) is 16.1 Å². The SMILES string of the molecule is Cc1ccn(-c2ncccc2C(=O)O)n1. The van der Waals surface area contributed by atoms with Gasteiger partial charge in [0.1, 0.15) is 5.56 Å². The zero-order chi connectivity index (χ0) is 10.8. The lowest BCUT2D eigenvalue weighted by Gasteiger charge is -2.03. The number of carboxylic acid groups (broad SMARTS) is 1. The number of hydrogen-bond acceptors (Lipinski definition) is 3. The van der Waals surface area contributed by atoms with E-state index in [9.17, 15) is 4.79 Å². The van der Waals surface area contributed by atoms with Crippen LogP contribution < -0.4 is 0 Å². The Morgan fingerprint density at radius 1 is 1.47 bits per heavy atom. The summed E-state index contributed by atoms with van der Waals surface area (Å²) in [5, 5.41) is 13.1. The van der Waals surface area contributed by atoms with E-state index in [4.69, 9.17) is 5.11 Å². The highest BCUT2D eigenvalue weighted by molar-refractivity contribution is 5.90. The van der Waals surface area contributed by atoms with Crippen molar-refractivity contribution in [3.63, 3.8) is 0 Å². The first-order valence-corrected chi connectivity index (χ1v) is 4.39. The fraction of sp³-hybridized carbons (Fsp3) is 0.100. The zero-order valence-corrected chi connectivity index (χ0v) is 8.08. The van der Waals surface area contributed by atoms with Gasteiger partial charge in [-0.3, -0.25) is 0 Å². The lowest BCUT2D eigenvalue weighted by Crippen LogP contribution is -2.07. The van der Waals surface area contributed by atoms with E-state index >= 15 is 0 Å². The summed E-state index contributed by atoms with van der Waals surface area (Å²) in [6.45, 7) is 1.83. The molecule has 2 aromatic rings. The van der Waals surface area contributed by atoms with Crippen LogP contribution in [-0.4, -0.2) is 25.8 Å². The second-order valence-corrected chi connectivity index (χ2v) is 3.08. The molecule has 0 aliphatic rings. The largest absolute Gasteiger partial charge is 0.478 e. The minimum absolute atomic E-state index is 0.139. The highest BCUT2D eigenvalue weighted by Gasteiger charge is 2.12. The number of carbonyl (C=O) groups is 1. The number of pyridine rings is 1. The van der Waals surface area contributed by atoms with E-state index in [2.05, 4.69) is 10.1 Å². The Labute approximate surface area is 86.0 Å². The van der Waals surface area contributed by atoms with E-state index in [1.807, 2.05) is 6.92 Å². The van der Waals surface area contributed by atoms with Gasteiger partial charge in [-0.1, -0.05) is 0 Å². The average Bonchev–Trinajstić information content (AvgIpc) is 2.65. The van der Waals surface area contributed by atoms with Gasteiger partial charge in [-0.2, -0.15) is 5.10 Å². The third kappa shape index (κ3) is 1.71. The fourth-order valence-corrected chi connectivity index (χ4v) is 1.28. The number of hydrogen-bond donors (Lipinski definition) is 1. The molecule has 0 aromatic carbocycles. The minimum atomic E-state index is -1.01. The maximum absolute atomic E-state index is 10.9. The van der Waals surface area contributed by atoms with Gasteiger partial charge in [0.25, 0.3) is 0 Å². The molecule has 0 amide bonds. The summed E-state index contributed by atoms with van der Waals surface area (Å²) >= 11 is 0. The summed E-state index contributed by atoms with van der Waals surface area (Å²) in [6, 6.07) is 4.88. The van der Waals surface area contributed by atoms with Crippen molar-refractivity contribution >= 4 is 5.97 Å². The standard InChI is InChI=1S/C10H9N3O2/c1-7-4-6-13(12-7)9-8(10(14)15)3-2-5-11-9/h2-6H,1H3,(H,14,15). The topological polar surface area (TPSA) is 68.0 Å². The van der Waals surface area contributed by atoms with Crippen LogP contribution in [0.4, 0.5) is 0 Å². The number of aryl methyl sites for hydroxylation is 1. The van der Waals surface area contributed by atoms with Crippen LogP contribution in [0, 0.1) is 6.92 Å². The van der Waals surface area contributed by atoms with E-state index in [1.165, 1.54) is 10.7 Å². The summed E-state index contributed by atoms with van der Waals surface area (Å²) < 4.78 is 1.46. The second kappa shape index (κ2) is 3.53. The molecule has 0 atom stereocenters. The smallest absolute Gasteiger partial charge is 0.339 e. The second-order valence-electron chi connectivity index (χ2n) is 3.08. The van der Waals surface area contributed by atoms with Crippen molar-refractivity contribution in [3.05, 3.63) is 41.9 Å². The molecule has 0 aliphatic heterocycles. The van der Waals surface area contributed by atoms with Gasteiger partial charge in [0.2, 0.25) is 0 Å². The Morgan fingerprint density at radius 2 is 2.27 bits per heavy atom. The molecule has 0 radical (unpaired) electrons. The van der Waals surface area contributed by atoms with Gasteiger partial charge in [0.05, 0.1) is 5.69 Å². The molecule has 76 valence electrons. The first-order chi connectivity index (χ1) is 7.18. The molecule has 0 saturated heterocycles. The van der Waals surface area contributed by atoms with Crippen molar-refractivity contribution in [1.82, 2.24) is 14.8 Å². The van der Waals surface area contributed by atoms with Crippen molar-refractivity contribution in [1.29, 1.82) is 0 Å². The summed E-state index contributed by atoms with van der Waals surface area (Å²) in [5.74, 6) is -0.677. The molecule has 0 fully saturated rings. The fourth-order valence-electron chi connectivity index (χ4n) is 1.28. The molecule has 5 heteroatoms. The Balaban J connectivity index is 2.57. The molecule has 2 aromatic heterocycles. The van der Waals surface area contributed by atoms with Crippen LogP contribution in [0.15, 0.2) is 30.6 Å². The maximum atomic E-state index is 10.9. The van der Waals surface area contributed by atoms with Crippen LogP contribution in [0.5, 0.6) is 0 Å². The zero-order valence-electron chi connectivity index (χ0n) is 8.08. The van der Waals surface area contributed by atoms with Crippen molar-refractivity contribution in [2.24, 2.45) is 0 Å². The third-order valence-corrected chi connectivity index (χ3v) is 1.96. The monoisotopic (exact) mass is 203 g/mol. The molecule has 1 N–H and O–H groups in total. The van der Waals surface area contributed by atoms with Gasteiger partial charge in [0.15, 0.2) is 5.82 Å². The Hall–Kier alpha value is -2.17. The Morgan fingerprint density at radius 3 is 2.87 bits per heavy atom. The molecule has 15 heavy (non-hydrogen) atoms. The van der Waals surface area contributed by atoms with E-state index < -0.39 is 5.97 Å². The average molecular weight is 203 g/mol. The molecule has 0 bridgehead atoms. The van der Waals surface area contributed by atoms with Crippen LogP contribution in [0.3, 0.4) is 0 Å². The summed E-state index contributed by atoms with van der Waals surface area (Å²) in [7, 11) is 0. The first-order valence-electron chi connectivity index (χ1n) is 4.39. The van der Waals surface area contributed by atoms with Gasteiger partial charge < -0.3 is 5.11 Å². The van der Waals surface area contributed by atoms with Gasteiger partial charge >= 0.3 is 5.97 Å². The number of aromatic nitrogens is 3. The number of aromatic carboxylic acids is 1. The molecular weight excluding hydrogens is 194 g/mol. The third-order valence-electron chi connectivity index (χ3n) is 1.96. The summed E-state index contributed by atoms with van der Waals surface area (Å²) in [4.78, 5) is 14.9. The molecule has 0 saturated carbocycles. The summed E-state index contributed by atoms with van der Waals surface area (Å²) in [6.07, 6.45) is 3.23. The van der Waals surface area contributed by atoms with Crippen LogP contribution >= 0.6 is 0 Å². The lowest BCUT2D eigenvalue weighted by atomic mass is 10.2. The number of nitrogens with zero attached hydrogens (tertiary/aromatic N) is 3. The Kier molecular flexibility index (Phi) is 2.21. The maximum Gasteiger partial charge on any atom is 0.339 e. The normalized spacial score (nSPS) is 10.2. The van der Waals surface area contributed by atoms with Crippen LogP contribution in [-0.2, 0) is 0 Å². The molecule has 0 aliphatic carbocycles. The highest BCUT2D eigenvalue weighted by atomic mass is 16.4. The van der Waals surface area contributed by atoms with Crippen LogP contribution in [0.2, 0.25) is 0 Å². The van der Waals surface area contributed by atoms with Crippen molar-refractivity contribution in [2.75, 3.05) is 0 Å². The van der Waals surface area contributed by atoms with Crippen molar-refractivity contribution in [3.8, 4) is 5.82 Å². The van der Waals surface area contributed by atoms with E-state index in [-0.39, 0.29) is 5.56 Å². The van der Waals surface area contributed by atoms with Gasteiger partial charge in [0, 0.05) is 12.4 Å². The predicted molar refractivity (Wildman–Crippen MR) is 53.1 cm³/mol. The number of rotatable bonds is 2. The molecule has 5 nitrogen and oxygen atoms in total. The Bertz CT molecular complexity index is 505. The van der Waals surface area contributed by atoms with Gasteiger partial charge in [-0.25, -0.2) is 14.5 Å². The number of carboxylic acids is 1. The predicted octanol–water partition coefficient (Wildman–Crippen LogP) is 1.27. The molecule has 0 spiro atoms. The van der Waals surface area contributed by atoms with Crippen molar-refractivity contribution in [2.45, 2.75) is 6.92 Å². The van der Waals surface area contributed by atoms with Gasteiger partial charge in [-0.15, -0.1) is 0 Å². The first kappa shape index (κ1) is 9.39. The van der Waals surface area contributed by atoms with Gasteiger partial charge in [-0.05, 0) is 25.1 Å². The van der Waals surface area contributed by atoms with E-state index in [0.29, 0.717) is 5.82 Å². The minimum Gasteiger partial charge on any atom is -0.478 e. The van der Waals surface area contributed by atoms with E-state index in [0.717, 1.165) is 5.69 Å². The molecular formula is C10H9N3O2. The highest BCUT2D eigenvalue weighted by Crippen LogP contribution is 2.10.